The van der Waals surface area contributed by atoms with Gasteiger partial charge in [-0.3, -0.25) is 9.59 Å². The number of nitrogens with zero attached hydrogens (tertiary/aromatic N) is 3. The summed E-state index contributed by atoms with van der Waals surface area (Å²) in [6.45, 7) is 1.97. The van der Waals surface area contributed by atoms with Gasteiger partial charge in [-0.2, -0.15) is 5.10 Å². The van der Waals surface area contributed by atoms with Crippen molar-refractivity contribution in [3.05, 3.63) is 62.6 Å². The van der Waals surface area contributed by atoms with E-state index < -0.39 is 0 Å². The first-order valence-electron chi connectivity index (χ1n) is 10.1. The van der Waals surface area contributed by atoms with Crippen molar-refractivity contribution in [2.45, 2.75) is 26.4 Å². The zero-order valence-electron chi connectivity index (χ0n) is 18.3. The number of nitrogens with one attached hydrogen (secondary N) is 2. The summed E-state index contributed by atoms with van der Waals surface area (Å²) in [4.78, 5) is 23.5. The minimum absolute atomic E-state index is 0.0135. The zero-order chi connectivity index (χ0) is 24.5. The van der Waals surface area contributed by atoms with E-state index in [1.807, 2.05) is 0 Å². The van der Waals surface area contributed by atoms with E-state index in [1.54, 1.807) is 43.3 Å². The largest absolute Gasteiger partial charge is 0.493 e. The third kappa shape index (κ3) is 7.41. The van der Waals surface area contributed by atoms with Gasteiger partial charge in [0.1, 0.15) is 11.6 Å². The van der Waals surface area contributed by atoms with Crippen LogP contribution in [0.4, 0.5) is 5.13 Å². The van der Waals surface area contributed by atoms with Crippen molar-refractivity contribution in [2.24, 2.45) is 5.10 Å². The van der Waals surface area contributed by atoms with Crippen LogP contribution in [0.1, 0.15) is 29.5 Å². The van der Waals surface area contributed by atoms with Gasteiger partial charge in [-0.05, 0) is 35.9 Å². The Labute approximate surface area is 210 Å². The molecule has 3 rings (SSSR count). The molecule has 12 heteroatoms. The van der Waals surface area contributed by atoms with Gasteiger partial charge in [-0.15, -0.1) is 10.2 Å². The Morgan fingerprint density at radius 1 is 1.12 bits per heavy atom. The summed E-state index contributed by atoms with van der Waals surface area (Å²) in [7, 11) is 1.53. The van der Waals surface area contributed by atoms with Gasteiger partial charge in [-0.25, -0.2) is 5.43 Å². The van der Waals surface area contributed by atoms with E-state index >= 15 is 0 Å². The van der Waals surface area contributed by atoms with E-state index in [9.17, 15) is 9.59 Å². The summed E-state index contributed by atoms with van der Waals surface area (Å²) >= 11 is 13.2. The Hall–Kier alpha value is -3.21. The number of benzene rings is 2. The van der Waals surface area contributed by atoms with Crippen molar-refractivity contribution in [2.75, 3.05) is 12.4 Å². The third-order valence-electron chi connectivity index (χ3n) is 4.33. The fourth-order valence-electron chi connectivity index (χ4n) is 2.62. The van der Waals surface area contributed by atoms with Gasteiger partial charge >= 0.3 is 0 Å². The average Bonchev–Trinajstić information content (AvgIpc) is 3.25. The fraction of sp³-hybridized carbons (Fsp3) is 0.227. The summed E-state index contributed by atoms with van der Waals surface area (Å²) in [6.07, 6.45) is 1.80. The number of anilines is 1. The molecule has 0 aliphatic heterocycles. The molecule has 0 saturated carbocycles. The molecule has 1 aromatic heterocycles. The lowest BCUT2D eigenvalue weighted by Gasteiger charge is -2.12. The lowest BCUT2D eigenvalue weighted by Crippen LogP contribution is -2.19. The van der Waals surface area contributed by atoms with Crippen LogP contribution in [-0.4, -0.2) is 35.3 Å². The number of amides is 2. The Morgan fingerprint density at radius 3 is 2.68 bits per heavy atom. The predicted octanol–water partition coefficient (Wildman–Crippen LogP) is 4.47. The quantitative estimate of drug-likeness (QED) is 0.300. The second-order valence-corrected chi connectivity index (χ2v) is 8.71. The van der Waals surface area contributed by atoms with Crippen molar-refractivity contribution in [1.29, 1.82) is 0 Å². The molecule has 0 unspecified atom stereocenters. The minimum atomic E-state index is -0.368. The van der Waals surface area contributed by atoms with Crippen molar-refractivity contribution in [3.63, 3.8) is 0 Å². The molecule has 178 valence electrons. The summed E-state index contributed by atoms with van der Waals surface area (Å²) in [5, 5.41) is 16.2. The van der Waals surface area contributed by atoms with Crippen LogP contribution in [-0.2, 0) is 22.6 Å². The summed E-state index contributed by atoms with van der Waals surface area (Å²) in [5.74, 6) is 0.484. The Balaban J connectivity index is 1.54. The molecule has 0 saturated heterocycles. The molecule has 2 N–H and O–H groups in total. The highest BCUT2D eigenvalue weighted by Crippen LogP contribution is 2.29. The number of aromatic nitrogens is 2. The van der Waals surface area contributed by atoms with Gasteiger partial charge in [-0.1, -0.05) is 47.5 Å². The molecular weight excluding hydrogens is 501 g/mol. The molecule has 2 aromatic carbocycles. The molecule has 34 heavy (non-hydrogen) atoms. The van der Waals surface area contributed by atoms with Crippen LogP contribution >= 0.6 is 34.5 Å². The first kappa shape index (κ1) is 25.4. The molecule has 0 bridgehead atoms. The van der Waals surface area contributed by atoms with Crippen LogP contribution in [0.2, 0.25) is 10.0 Å². The second kappa shape index (κ2) is 12.3. The number of carbonyl (C=O) groups excluding carboxylic acids is 2. The van der Waals surface area contributed by atoms with E-state index in [2.05, 4.69) is 26.0 Å². The number of hydrogen-bond donors (Lipinski definition) is 2. The number of carbonyl (C=O) groups is 2. The summed E-state index contributed by atoms with van der Waals surface area (Å²) in [6, 6.07) is 10.4. The molecule has 3 aromatic rings. The highest BCUT2D eigenvalue weighted by atomic mass is 35.5. The summed E-state index contributed by atoms with van der Waals surface area (Å²) in [5.41, 5.74) is 3.91. The van der Waals surface area contributed by atoms with Crippen LogP contribution in [0.3, 0.4) is 0 Å². The van der Waals surface area contributed by atoms with E-state index in [0.717, 1.165) is 16.9 Å². The van der Waals surface area contributed by atoms with Crippen molar-refractivity contribution >= 4 is 57.7 Å². The number of methoxy groups -OCH3 is 1. The smallest absolute Gasteiger partial charge is 0.247 e. The number of rotatable bonds is 10. The maximum atomic E-state index is 12.1. The molecule has 0 aliphatic rings. The topological polar surface area (TPSA) is 115 Å². The second-order valence-electron chi connectivity index (χ2n) is 6.81. The van der Waals surface area contributed by atoms with E-state index in [1.165, 1.54) is 13.3 Å². The predicted molar refractivity (Wildman–Crippen MR) is 132 cm³/mol. The van der Waals surface area contributed by atoms with Crippen LogP contribution in [0.25, 0.3) is 0 Å². The molecule has 0 aliphatic carbocycles. The van der Waals surface area contributed by atoms with Crippen molar-refractivity contribution < 1.29 is 19.1 Å². The summed E-state index contributed by atoms with van der Waals surface area (Å²) < 4.78 is 11.2. The third-order valence-corrected chi connectivity index (χ3v) is 5.76. The standard InChI is InChI=1S/C22H21Cl2N5O4S/c1-3-19(30)26-22-29-28-21(34-22)10-20(31)27-25-11-13-4-7-17(18(8-13)32-2)33-12-14-5-6-15(23)9-16(14)24/h4-9,11H,3,10,12H2,1-2H3,(H,27,31)(H,26,29,30). The Kier molecular flexibility index (Phi) is 9.20. The van der Waals surface area contributed by atoms with Gasteiger partial charge in [0.25, 0.3) is 0 Å². The highest BCUT2D eigenvalue weighted by Gasteiger charge is 2.11. The number of hydrazone groups is 1. The Morgan fingerprint density at radius 2 is 1.94 bits per heavy atom. The first-order chi connectivity index (χ1) is 16.4. The van der Waals surface area contributed by atoms with Gasteiger partial charge in [0.2, 0.25) is 16.9 Å². The normalized spacial score (nSPS) is 10.8. The first-order valence-corrected chi connectivity index (χ1v) is 11.6. The minimum Gasteiger partial charge on any atom is -0.493 e. The molecule has 0 atom stereocenters. The van der Waals surface area contributed by atoms with Crippen LogP contribution in [0.5, 0.6) is 11.5 Å². The lowest BCUT2D eigenvalue weighted by molar-refractivity contribution is -0.120. The van der Waals surface area contributed by atoms with E-state index in [-0.39, 0.29) is 24.8 Å². The average molecular weight is 522 g/mol. The molecule has 1 heterocycles. The SMILES string of the molecule is CCC(=O)Nc1nnc(CC(=O)NN=Cc2ccc(OCc3ccc(Cl)cc3Cl)c(OC)c2)s1. The zero-order valence-corrected chi connectivity index (χ0v) is 20.6. The maximum Gasteiger partial charge on any atom is 0.247 e. The molecule has 0 fully saturated rings. The van der Waals surface area contributed by atoms with Gasteiger partial charge in [0.15, 0.2) is 11.5 Å². The highest BCUT2D eigenvalue weighted by molar-refractivity contribution is 7.15. The number of halogens is 2. The van der Waals surface area contributed by atoms with Gasteiger partial charge < -0.3 is 14.8 Å². The van der Waals surface area contributed by atoms with Crippen LogP contribution in [0.15, 0.2) is 41.5 Å². The molecule has 9 nitrogen and oxygen atoms in total. The maximum absolute atomic E-state index is 12.1. The van der Waals surface area contributed by atoms with E-state index in [4.69, 9.17) is 32.7 Å². The molecule has 0 radical (unpaired) electrons. The van der Waals surface area contributed by atoms with Crippen LogP contribution in [0, 0.1) is 0 Å². The molecule has 0 spiro atoms. The number of ether oxygens (including phenoxy) is 2. The molecule has 2 amide bonds. The Bertz CT molecular complexity index is 1200. The molecular formula is C22H21Cl2N5O4S. The van der Waals surface area contributed by atoms with E-state index in [0.29, 0.717) is 43.7 Å². The van der Waals surface area contributed by atoms with Gasteiger partial charge in [0, 0.05) is 22.0 Å². The van der Waals surface area contributed by atoms with Crippen molar-refractivity contribution in [3.8, 4) is 11.5 Å². The van der Waals surface area contributed by atoms with Crippen molar-refractivity contribution in [1.82, 2.24) is 15.6 Å². The monoisotopic (exact) mass is 521 g/mol. The lowest BCUT2D eigenvalue weighted by atomic mass is 10.2. The fourth-order valence-corrected chi connectivity index (χ4v) is 3.83. The van der Waals surface area contributed by atoms with Crippen LogP contribution < -0.4 is 20.2 Å². The number of hydrogen-bond acceptors (Lipinski definition) is 8. The van der Waals surface area contributed by atoms with Gasteiger partial charge in [0.05, 0.1) is 19.7 Å².